The Bertz CT molecular complexity index is 750. The molecule has 1 heterocycles. The Hall–Kier alpha value is -2.20. The lowest BCUT2D eigenvalue weighted by molar-refractivity contribution is 0.112. The van der Waals surface area contributed by atoms with Crippen LogP contribution in [0.25, 0.3) is 16.8 Å². The first kappa shape index (κ1) is 12.8. The summed E-state index contributed by atoms with van der Waals surface area (Å²) in [5.41, 5.74) is 3.48. The molecule has 0 amide bonds. The molecular weight excluding hydrogens is 316 g/mol. The molecule has 98 valence electrons. The van der Waals surface area contributed by atoms with Gasteiger partial charge in [0.1, 0.15) is 0 Å². The number of carbonyl (C=O) groups is 1. The lowest BCUT2D eigenvalue weighted by Crippen LogP contribution is -1.99. The highest BCUT2D eigenvalue weighted by Gasteiger charge is 2.08. The zero-order valence-corrected chi connectivity index (χ0v) is 12.1. The van der Waals surface area contributed by atoms with Crippen molar-refractivity contribution in [3.63, 3.8) is 0 Å². The number of aromatic nitrogens is 2. The molecule has 3 aromatic rings. The molecule has 3 nitrogen and oxygen atoms in total. The maximum absolute atomic E-state index is 11.1. The van der Waals surface area contributed by atoms with Crippen LogP contribution >= 0.6 is 15.9 Å². The lowest BCUT2D eigenvalue weighted by atomic mass is 10.1. The number of rotatable bonds is 3. The fourth-order valence-corrected chi connectivity index (χ4v) is 2.40. The molecule has 3 rings (SSSR count). The van der Waals surface area contributed by atoms with E-state index in [-0.39, 0.29) is 0 Å². The first-order valence-corrected chi connectivity index (χ1v) is 6.92. The average Bonchev–Trinajstić information content (AvgIpc) is 2.98. The second-order valence-corrected chi connectivity index (χ2v) is 5.28. The molecule has 0 radical (unpaired) electrons. The van der Waals surface area contributed by atoms with Crippen LogP contribution in [0.1, 0.15) is 10.4 Å². The van der Waals surface area contributed by atoms with Crippen molar-refractivity contribution < 1.29 is 4.79 Å². The van der Waals surface area contributed by atoms with Gasteiger partial charge in [-0.1, -0.05) is 46.3 Å². The Morgan fingerprint density at radius 3 is 2.60 bits per heavy atom. The van der Waals surface area contributed by atoms with Gasteiger partial charge in [-0.25, -0.2) is 4.68 Å². The van der Waals surface area contributed by atoms with Gasteiger partial charge in [0, 0.05) is 21.8 Å². The molecule has 0 spiro atoms. The first-order chi connectivity index (χ1) is 9.78. The molecule has 0 bridgehead atoms. The van der Waals surface area contributed by atoms with E-state index in [0.717, 1.165) is 27.6 Å². The third-order valence-electron chi connectivity index (χ3n) is 3.06. The van der Waals surface area contributed by atoms with Crippen molar-refractivity contribution in [1.29, 1.82) is 0 Å². The Balaban J connectivity index is 2.07. The van der Waals surface area contributed by atoms with Gasteiger partial charge in [0.2, 0.25) is 0 Å². The highest BCUT2D eigenvalue weighted by atomic mass is 79.9. The minimum atomic E-state index is 0.607. The number of nitrogens with zero attached hydrogens (tertiary/aromatic N) is 2. The normalized spacial score (nSPS) is 10.4. The zero-order chi connectivity index (χ0) is 13.9. The van der Waals surface area contributed by atoms with E-state index in [4.69, 9.17) is 0 Å². The predicted molar refractivity (Wildman–Crippen MR) is 82.1 cm³/mol. The van der Waals surface area contributed by atoms with Crippen molar-refractivity contribution in [3.8, 4) is 16.8 Å². The van der Waals surface area contributed by atoms with Crippen molar-refractivity contribution in [1.82, 2.24) is 9.78 Å². The van der Waals surface area contributed by atoms with Crippen molar-refractivity contribution in [2.45, 2.75) is 0 Å². The van der Waals surface area contributed by atoms with Crippen molar-refractivity contribution in [2.24, 2.45) is 0 Å². The number of aldehydes is 1. The zero-order valence-electron chi connectivity index (χ0n) is 10.5. The van der Waals surface area contributed by atoms with Gasteiger partial charge >= 0.3 is 0 Å². The summed E-state index contributed by atoms with van der Waals surface area (Å²) in [6.45, 7) is 0. The van der Waals surface area contributed by atoms with Gasteiger partial charge < -0.3 is 0 Å². The quantitative estimate of drug-likeness (QED) is 0.679. The molecule has 0 atom stereocenters. The van der Waals surface area contributed by atoms with Gasteiger partial charge in [0.25, 0.3) is 0 Å². The van der Waals surface area contributed by atoms with Gasteiger partial charge in [-0.05, 0) is 23.8 Å². The van der Waals surface area contributed by atoms with Crippen LogP contribution in [0.2, 0.25) is 0 Å². The van der Waals surface area contributed by atoms with Gasteiger partial charge in [0.05, 0.1) is 11.9 Å². The molecule has 20 heavy (non-hydrogen) atoms. The molecule has 0 aliphatic carbocycles. The SMILES string of the molecule is O=Cc1ccc(Br)cc1-n1cc(-c2ccccc2)cn1. The number of hydrogen-bond acceptors (Lipinski definition) is 2. The first-order valence-electron chi connectivity index (χ1n) is 6.13. The van der Waals surface area contributed by atoms with Crippen LogP contribution < -0.4 is 0 Å². The predicted octanol–water partition coefficient (Wildman–Crippen LogP) is 4.11. The van der Waals surface area contributed by atoms with Crippen LogP contribution in [0.3, 0.4) is 0 Å². The van der Waals surface area contributed by atoms with E-state index in [0.29, 0.717) is 5.56 Å². The third-order valence-corrected chi connectivity index (χ3v) is 3.55. The van der Waals surface area contributed by atoms with Gasteiger partial charge in [-0.15, -0.1) is 0 Å². The molecule has 0 saturated heterocycles. The van der Waals surface area contributed by atoms with E-state index in [2.05, 4.69) is 21.0 Å². The summed E-state index contributed by atoms with van der Waals surface area (Å²) in [6, 6.07) is 15.5. The summed E-state index contributed by atoms with van der Waals surface area (Å²) in [7, 11) is 0. The summed E-state index contributed by atoms with van der Waals surface area (Å²) in [6.07, 6.45) is 4.56. The van der Waals surface area contributed by atoms with Crippen molar-refractivity contribution in [3.05, 3.63) is 71.0 Å². The summed E-state index contributed by atoms with van der Waals surface area (Å²) in [4.78, 5) is 11.1. The minimum Gasteiger partial charge on any atom is -0.298 e. The topological polar surface area (TPSA) is 34.9 Å². The summed E-state index contributed by atoms with van der Waals surface area (Å²) in [5.74, 6) is 0. The molecule has 2 aromatic carbocycles. The average molecular weight is 327 g/mol. The van der Waals surface area contributed by atoms with E-state index in [9.17, 15) is 4.79 Å². The maximum atomic E-state index is 11.1. The Morgan fingerprint density at radius 2 is 1.85 bits per heavy atom. The van der Waals surface area contributed by atoms with Gasteiger partial charge in [0.15, 0.2) is 6.29 Å². The Labute approximate surface area is 125 Å². The molecule has 0 unspecified atom stereocenters. The molecular formula is C16H11BrN2O. The number of halogens is 1. The largest absolute Gasteiger partial charge is 0.298 e. The molecule has 0 aliphatic rings. The van der Waals surface area contributed by atoms with E-state index >= 15 is 0 Å². The third kappa shape index (κ3) is 2.42. The van der Waals surface area contributed by atoms with Crippen LogP contribution in [0, 0.1) is 0 Å². The Morgan fingerprint density at radius 1 is 1.05 bits per heavy atom. The van der Waals surface area contributed by atoms with Crippen LogP contribution in [-0.4, -0.2) is 16.1 Å². The molecule has 0 N–H and O–H groups in total. The fraction of sp³-hybridized carbons (Fsp3) is 0. The lowest BCUT2D eigenvalue weighted by Gasteiger charge is -2.05. The van der Waals surface area contributed by atoms with Crippen molar-refractivity contribution >= 4 is 22.2 Å². The molecule has 0 saturated carbocycles. The highest BCUT2D eigenvalue weighted by Crippen LogP contribution is 2.23. The molecule has 4 heteroatoms. The maximum Gasteiger partial charge on any atom is 0.152 e. The standard InChI is InChI=1S/C16H11BrN2O/c17-15-7-6-13(11-20)16(8-15)19-10-14(9-18-19)12-4-2-1-3-5-12/h1-11H. The summed E-state index contributed by atoms with van der Waals surface area (Å²) in [5, 5.41) is 4.35. The van der Waals surface area contributed by atoms with E-state index < -0.39 is 0 Å². The number of carbonyl (C=O) groups excluding carboxylic acids is 1. The van der Waals surface area contributed by atoms with Gasteiger partial charge in [-0.3, -0.25) is 4.79 Å². The second-order valence-electron chi connectivity index (χ2n) is 4.36. The number of hydrogen-bond donors (Lipinski definition) is 0. The highest BCUT2D eigenvalue weighted by molar-refractivity contribution is 9.10. The van der Waals surface area contributed by atoms with E-state index in [1.165, 1.54) is 0 Å². The fourth-order valence-electron chi connectivity index (χ4n) is 2.05. The van der Waals surface area contributed by atoms with E-state index in [1.807, 2.05) is 48.7 Å². The van der Waals surface area contributed by atoms with Crippen LogP contribution in [0.5, 0.6) is 0 Å². The Kier molecular flexibility index (Phi) is 3.48. The molecule has 0 fully saturated rings. The minimum absolute atomic E-state index is 0.607. The molecule has 1 aromatic heterocycles. The van der Waals surface area contributed by atoms with E-state index in [1.54, 1.807) is 16.9 Å². The second kappa shape index (κ2) is 5.43. The molecule has 0 aliphatic heterocycles. The van der Waals surface area contributed by atoms with Crippen LogP contribution in [0.4, 0.5) is 0 Å². The van der Waals surface area contributed by atoms with Gasteiger partial charge in [-0.2, -0.15) is 5.10 Å². The monoisotopic (exact) mass is 326 g/mol. The van der Waals surface area contributed by atoms with Crippen LogP contribution in [-0.2, 0) is 0 Å². The summed E-state index contributed by atoms with van der Waals surface area (Å²) >= 11 is 3.42. The van der Waals surface area contributed by atoms with Crippen LogP contribution in [0.15, 0.2) is 65.4 Å². The summed E-state index contributed by atoms with van der Waals surface area (Å²) < 4.78 is 2.63. The smallest absolute Gasteiger partial charge is 0.152 e. The number of benzene rings is 2. The van der Waals surface area contributed by atoms with Crippen molar-refractivity contribution in [2.75, 3.05) is 0 Å².